The summed E-state index contributed by atoms with van der Waals surface area (Å²) >= 11 is 0. The van der Waals surface area contributed by atoms with Crippen LogP contribution < -0.4 is 0 Å². The zero-order chi connectivity index (χ0) is 17.3. The smallest absolute Gasteiger partial charge is 0.124 e. The molecular formula is C20H15FN2O. The lowest BCUT2D eigenvalue weighted by Crippen LogP contribution is -1.96. The van der Waals surface area contributed by atoms with Crippen molar-refractivity contribution in [2.45, 2.75) is 13.8 Å². The first kappa shape index (κ1) is 15.7. The summed E-state index contributed by atoms with van der Waals surface area (Å²) in [6, 6.07) is 15.3. The molecule has 0 fully saturated rings. The van der Waals surface area contributed by atoms with Gasteiger partial charge in [-0.1, -0.05) is 6.07 Å². The van der Waals surface area contributed by atoms with Gasteiger partial charge in [0.05, 0.1) is 17.0 Å². The van der Waals surface area contributed by atoms with E-state index in [0.29, 0.717) is 28.1 Å². The second-order valence-electron chi connectivity index (χ2n) is 5.69. The van der Waals surface area contributed by atoms with Crippen LogP contribution in [0.15, 0.2) is 48.5 Å². The van der Waals surface area contributed by atoms with Crippen molar-refractivity contribution in [2.24, 2.45) is 0 Å². The largest absolute Gasteiger partial charge is 0.508 e. The van der Waals surface area contributed by atoms with E-state index in [1.54, 1.807) is 37.3 Å². The predicted molar refractivity (Wildman–Crippen MR) is 90.9 cm³/mol. The highest BCUT2D eigenvalue weighted by atomic mass is 19.1. The first-order valence-corrected chi connectivity index (χ1v) is 7.46. The number of nitriles is 1. The maximum atomic E-state index is 13.8. The van der Waals surface area contributed by atoms with Crippen molar-refractivity contribution in [1.82, 2.24) is 4.98 Å². The number of aromatic hydroxyl groups is 1. The van der Waals surface area contributed by atoms with Gasteiger partial charge in [0, 0.05) is 11.1 Å². The highest BCUT2D eigenvalue weighted by Gasteiger charge is 2.13. The SMILES string of the molecule is Cc1cc(F)cc(-c2cc(-c3ccc(O)cc3)nc(C)c2C#N)c1. The molecule has 3 rings (SSSR count). The Bertz CT molecular complexity index is 936. The maximum absolute atomic E-state index is 13.8. The van der Waals surface area contributed by atoms with E-state index >= 15 is 0 Å². The molecule has 0 bridgehead atoms. The number of aromatic nitrogens is 1. The maximum Gasteiger partial charge on any atom is 0.124 e. The number of hydrogen-bond acceptors (Lipinski definition) is 3. The van der Waals surface area contributed by atoms with Gasteiger partial charge < -0.3 is 5.11 Å². The number of benzene rings is 2. The summed E-state index contributed by atoms with van der Waals surface area (Å²) in [6.07, 6.45) is 0. The third-order valence-electron chi connectivity index (χ3n) is 3.83. The van der Waals surface area contributed by atoms with E-state index in [4.69, 9.17) is 0 Å². The Morgan fingerprint density at radius 1 is 1.00 bits per heavy atom. The van der Waals surface area contributed by atoms with Gasteiger partial charge in [0.15, 0.2) is 0 Å². The van der Waals surface area contributed by atoms with Crippen molar-refractivity contribution in [1.29, 1.82) is 5.26 Å². The third-order valence-corrected chi connectivity index (χ3v) is 3.83. The predicted octanol–water partition coefficient (Wildman–Crippen LogP) is 4.75. The summed E-state index contributed by atoms with van der Waals surface area (Å²) in [5.41, 5.74) is 4.58. The lowest BCUT2D eigenvalue weighted by molar-refractivity contribution is 0.475. The first-order valence-electron chi connectivity index (χ1n) is 7.46. The summed E-state index contributed by atoms with van der Waals surface area (Å²) in [5.74, 6) is -0.167. The van der Waals surface area contributed by atoms with Gasteiger partial charge in [0.25, 0.3) is 0 Å². The van der Waals surface area contributed by atoms with Gasteiger partial charge in [-0.3, -0.25) is 4.98 Å². The molecule has 3 nitrogen and oxygen atoms in total. The molecule has 0 aliphatic carbocycles. The standard InChI is InChI=1S/C20H15FN2O/c1-12-7-15(9-16(21)8-12)18-10-20(23-13(2)19(18)11-22)14-3-5-17(24)6-4-14/h3-10,24H,1-2H3. The van der Waals surface area contributed by atoms with Crippen LogP contribution in [0.5, 0.6) is 5.75 Å². The monoisotopic (exact) mass is 318 g/mol. The van der Waals surface area contributed by atoms with E-state index in [0.717, 1.165) is 11.1 Å². The van der Waals surface area contributed by atoms with Crippen LogP contribution in [0.2, 0.25) is 0 Å². The van der Waals surface area contributed by atoms with Gasteiger partial charge in [0.1, 0.15) is 17.6 Å². The van der Waals surface area contributed by atoms with Crippen molar-refractivity contribution >= 4 is 0 Å². The van der Waals surface area contributed by atoms with Gasteiger partial charge >= 0.3 is 0 Å². The van der Waals surface area contributed by atoms with Crippen molar-refractivity contribution in [3.05, 3.63) is 71.2 Å². The second-order valence-corrected chi connectivity index (χ2v) is 5.69. The molecule has 0 saturated heterocycles. The molecule has 0 unspecified atom stereocenters. The quantitative estimate of drug-likeness (QED) is 0.742. The minimum absolute atomic E-state index is 0.171. The molecule has 118 valence electrons. The number of pyridine rings is 1. The fraction of sp³-hybridized carbons (Fsp3) is 0.100. The van der Waals surface area contributed by atoms with E-state index in [1.807, 2.05) is 13.0 Å². The van der Waals surface area contributed by atoms with Crippen LogP contribution >= 0.6 is 0 Å². The molecule has 1 aromatic heterocycles. The lowest BCUT2D eigenvalue weighted by Gasteiger charge is -2.11. The number of aryl methyl sites for hydroxylation is 2. The molecule has 0 amide bonds. The number of rotatable bonds is 2. The van der Waals surface area contributed by atoms with Crippen LogP contribution in [0, 0.1) is 31.0 Å². The molecule has 0 atom stereocenters. The number of nitrogens with zero attached hydrogens (tertiary/aromatic N) is 2. The highest BCUT2D eigenvalue weighted by molar-refractivity contribution is 5.77. The summed E-state index contributed by atoms with van der Waals surface area (Å²) in [6.45, 7) is 3.58. The van der Waals surface area contributed by atoms with Gasteiger partial charge in [-0.05, 0) is 67.4 Å². The van der Waals surface area contributed by atoms with E-state index in [1.165, 1.54) is 12.1 Å². The molecule has 2 aromatic carbocycles. The minimum atomic E-state index is -0.338. The van der Waals surface area contributed by atoms with Crippen molar-refractivity contribution in [2.75, 3.05) is 0 Å². The molecule has 0 aliphatic heterocycles. The average Bonchev–Trinajstić information content (AvgIpc) is 2.54. The summed E-state index contributed by atoms with van der Waals surface area (Å²) in [7, 11) is 0. The second kappa shape index (κ2) is 6.13. The fourth-order valence-corrected chi connectivity index (χ4v) is 2.71. The van der Waals surface area contributed by atoms with Crippen molar-refractivity contribution in [3.8, 4) is 34.2 Å². The van der Waals surface area contributed by atoms with Crippen LogP contribution in [0.25, 0.3) is 22.4 Å². The fourth-order valence-electron chi connectivity index (χ4n) is 2.71. The van der Waals surface area contributed by atoms with E-state index in [-0.39, 0.29) is 11.6 Å². The Morgan fingerprint density at radius 2 is 1.71 bits per heavy atom. The Kier molecular flexibility index (Phi) is 4.01. The number of phenols is 1. The van der Waals surface area contributed by atoms with Crippen LogP contribution in [-0.2, 0) is 0 Å². The molecule has 0 saturated carbocycles. The molecule has 0 radical (unpaired) electrons. The van der Waals surface area contributed by atoms with Crippen LogP contribution in [0.4, 0.5) is 4.39 Å². The Morgan fingerprint density at radius 3 is 2.33 bits per heavy atom. The van der Waals surface area contributed by atoms with Crippen LogP contribution in [0.3, 0.4) is 0 Å². The molecular weight excluding hydrogens is 303 g/mol. The molecule has 0 spiro atoms. The van der Waals surface area contributed by atoms with E-state index in [2.05, 4.69) is 11.1 Å². The van der Waals surface area contributed by atoms with Gasteiger partial charge in [0.2, 0.25) is 0 Å². The first-order chi connectivity index (χ1) is 11.5. The molecule has 24 heavy (non-hydrogen) atoms. The molecule has 4 heteroatoms. The Labute approximate surface area is 139 Å². The summed E-state index contributed by atoms with van der Waals surface area (Å²) in [4.78, 5) is 4.48. The Balaban J connectivity index is 2.24. The van der Waals surface area contributed by atoms with Gasteiger partial charge in [-0.15, -0.1) is 0 Å². The average molecular weight is 318 g/mol. The van der Waals surface area contributed by atoms with Gasteiger partial charge in [-0.25, -0.2) is 4.39 Å². The summed E-state index contributed by atoms with van der Waals surface area (Å²) in [5, 5.41) is 18.9. The zero-order valence-corrected chi connectivity index (χ0v) is 13.3. The number of hydrogen-bond donors (Lipinski definition) is 1. The zero-order valence-electron chi connectivity index (χ0n) is 13.3. The molecule has 0 aliphatic rings. The van der Waals surface area contributed by atoms with Crippen molar-refractivity contribution in [3.63, 3.8) is 0 Å². The molecule has 3 aromatic rings. The topological polar surface area (TPSA) is 56.9 Å². The minimum Gasteiger partial charge on any atom is -0.508 e. The number of phenolic OH excluding ortho intramolecular Hbond substituents is 1. The van der Waals surface area contributed by atoms with Crippen molar-refractivity contribution < 1.29 is 9.50 Å². The Hall–Kier alpha value is -3.19. The van der Waals surface area contributed by atoms with Crippen LogP contribution in [-0.4, -0.2) is 10.1 Å². The molecule has 1 heterocycles. The highest BCUT2D eigenvalue weighted by Crippen LogP contribution is 2.31. The molecule has 1 N–H and O–H groups in total. The number of halogens is 1. The lowest BCUT2D eigenvalue weighted by atomic mass is 9.96. The van der Waals surface area contributed by atoms with E-state index in [9.17, 15) is 14.8 Å². The third kappa shape index (κ3) is 2.97. The summed E-state index contributed by atoms with van der Waals surface area (Å²) < 4.78 is 13.8. The normalized spacial score (nSPS) is 10.4. The van der Waals surface area contributed by atoms with Gasteiger partial charge in [-0.2, -0.15) is 5.26 Å². The van der Waals surface area contributed by atoms with E-state index < -0.39 is 0 Å². The van der Waals surface area contributed by atoms with Crippen LogP contribution in [0.1, 0.15) is 16.8 Å².